The summed E-state index contributed by atoms with van der Waals surface area (Å²) in [7, 11) is 3.27. The van der Waals surface area contributed by atoms with Crippen molar-refractivity contribution in [1.82, 2.24) is 30.8 Å². The predicted octanol–water partition coefficient (Wildman–Crippen LogP) is -0.170. The van der Waals surface area contributed by atoms with Gasteiger partial charge in [0, 0.05) is 19.7 Å². The topological polar surface area (TPSA) is 102 Å². The molecule has 9 heteroatoms. The minimum Gasteiger partial charge on any atom is -0.355 e. The molecular weight excluding hydrogens is 328 g/mol. The molecule has 0 atom stereocenters. The smallest absolute Gasteiger partial charge is 0.252 e. The molecule has 0 radical (unpaired) electrons. The van der Waals surface area contributed by atoms with Gasteiger partial charge in [-0.2, -0.15) is 0 Å². The van der Waals surface area contributed by atoms with E-state index in [9.17, 15) is 9.59 Å². The molecule has 8 nitrogen and oxygen atoms in total. The maximum atomic E-state index is 11.7. The summed E-state index contributed by atoms with van der Waals surface area (Å²) in [5.74, 6) is 5.57. The summed E-state index contributed by atoms with van der Waals surface area (Å²) in [6, 6.07) is 7.04. The Hall–Kier alpha value is -2.86. The molecule has 0 aliphatic rings. The fourth-order valence-electron chi connectivity index (χ4n) is 1.73. The van der Waals surface area contributed by atoms with Gasteiger partial charge < -0.3 is 10.6 Å². The van der Waals surface area contributed by atoms with Crippen molar-refractivity contribution in [3.05, 3.63) is 35.4 Å². The third-order valence-electron chi connectivity index (χ3n) is 2.91. The third-order valence-corrected chi connectivity index (χ3v) is 3.92. The summed E-state index contributed by atoms with van der Waals surface area (Å²) < 4.78 is 1.49. The van der Waals surface area contributed by atoms with Crippen LogP contribution in [0, 0.1) is 11.8 Å². The first-order valence-electron chi connectivity index (χ1n) is 7.03. The number of rotatable bonds is 5. The maximum absolute atomic E-state index is 11.7. The lowest BCUT2D eigenvalue weighted by molar-refractivity contribution is -0.118. The van der Waals surface area contributed by atoms with Crippen LogP contribution >= 0.6 is 11.8 Å². The van der Waals surface area contributed by atoms with Crippen LogP contribution in [0.5, 0.6) is 0 Å². The molecule has 2 N–H and O–H groups in total. The van der Waals surface area contributed by atoms with Gasteiger partial charge in [-0.25, -0.2) is 4.68 Å². The minimum absolute atomic E-state index is 0.170. The zero-order chi connectivity index (χ0) is 17.4. The van der Waals surface area contributed by atoms with E-state index in [2.05, 4.69) is 38.0 Å². The highest BCUT2D eigenvalue weighted by atomic mass is 32.2. The van der Waals surface area contributed by atoms with Gasteiger partial charge in [-0.3, -0.25) is 9.59 Å². The number of aromatic nitrogens is 4. The number of nitrogens with one attached hydrogen (secondary N) is 2. The fraction of sp³-hybridized carbons (Fsp3) is 0.267. The average Bonchev–Trinajstić information content (AvgIpc) is 3.01. The Labute approximate surface area is 143 Å². The van der Waals surface area contributed by atoms with Gasteiger partial charge in [0.2, 0.25) is 11.1 Å². The Kier molecular flexibility index (Phi) is 6.33. The van der Waals surface area contributed by atoms with Crippen LogP contribution in [0.15, 0.2) is 29.4 Å². The van der Waals surface area contributed by atoms with E-state index in [4.69, 9.17) is 0 Å². The van der Waals surface area contributed by atoms with E-state index in [1.54, 1.807) is 38.4 Å². The normalized spacial score (nSPS) is 9.75. The summed E-state index contributed by atoms with van der Waals surface area (Å²) in [6.45, 7) is 0.193. The van der Waals surface area contributed by atoms with Gasteiger partial charge in [0.15, 0.2) is 0 Å². The van der Waals surface area contributed by atoms with Crippen LogP contribution < -0.4 is 10.6 Å². The molecule has 2 rings (SSSR count). The highest BCUT2D eigenvalue weighted by molar-refractivity contribution is 7.99. The second-order valence-electron chi connectivity index (χ2n) is 4.58. The van der Waals surface area contributed by atoms with Gasteiger partial charge in [0.05, 0.1) is 17.9 Å². The van der Waals surface area contributed by atoms with Crippen molar-refractivity contribution in [2.75, 3.05) is 19.3 Å². The molecule has 0 bridgehead atoms. The Bertz CT molecular complexity index is 793. The Morgan fingerprint density at radius 2 is 2.12 bits per heavy atom. The number of hydrogen-bond donors (Lipinski definition) is 2. The van der Waals surface area contributed by atoms with Gasteiger partial charge in [-0.15, -0.1) is 5.10 Å². The van der Waals surface area contributed by atoms with Crippen molar-refractivity contribution in [1.29, 1.82) is 0 Å². The minimum atomic E-state index is -0.197. The van der Waals surface area contributed by atoms with Crippen molar-refractivity contribution in [2.45, 2.75) is 5.16 Å². The number of carbonyl (C=O) groups excluding carboxylic acids is 2. The van der Waals surface area contributed by atoms with Gasteiger partial charge in [0.25, 0.3) is 5.91 Å². The number of tetrazole rings is 1. The van der Waals surface area contributed by atoms with Crippen LogP contribution in [-0.4, -0.2) is 51.4 Å². The van der Waals surface area contributed by atoms with E-state index in [1.807, 2.05) is 0 Å². The second kappa shape index (κ2) is 8.69. The number of amides is 2. The molecule has 0 aliphatic carbocycles. The second-order valence-corrected chi connectivity index (χ2v) is 5.52. The van der Waals surface area contributed by atoms with E-state index >= 15 is 0 Å². The molecule has 24 heavy (non-hydrogen) atoms. The monoisotopic (exact) mass is 344 g/mol. The molecule has 0 saturated carbocycles. The van der Waals surface area contributed by atoms with Crippen molar-refractivity contribution in [3.8, 4) is 11.8 Å². The summed E-state index contributed by atoms with van der Waals surface area (Å²) >= 11 is 1.24. The molecule has 1 aromatic heterocycles. The zero-order valence-corrected chi connectivity index (χ0v) is 14.1. The SMILES string of the molecule is CNC(=O)c1ccccc1C#CCNC(=O)CSc1nnnn1C. The molecule has 2 aromatic rings. The highest BCUT2D eigenvalue weighted by Crippen LogP contribution is 2.11. The van der Waals surface area contributed by atoms with Crippen LogP contribution in [0.25, 0.3) is 0 Å². The number of thioether (sulfide) groups is 1. The predicted molar refractivity (Wildman–Crippen MR) is 89.2 cm³/mol. The van der Waals surface area contributed by atoms with Gasteiger partial charge in [-0.1, -0.05) is 35.7 Å². The summed E-state index contributed by atoms with van der Waals surface area (Å²) in [6.07, 6.45) is 0. The lowest BCUT2D eigenvalue weighted by Gasteiger charge is -2.02. The zero-order valence-electron chi connectivity index (χ0n) is 13.2. The van der Waals surface area contributed by atoms with Crippen LogP contribution in [0.4, 0.5) is 0 Å². The molecule has 0 spiro atoms. The van der Waals surface area contributed by atoms with Crippen LogP contribution in [0.3, 0.4) is 0 Å². The van der Waals surface area contributed by atoms with Crippen molar-refractivity contribution >= 4 is 23.6 Å². The number of aryl methyl sites for hydroxylation is 1. The first-order valence-corrected chi connectivity index (χ1v) is 8.02. The number of hydrogen-bond acceptors (Lipinski definition) is 6. The number of carbonyl (C=O) groups is 2. The molecule has 0 saturated heterocycles. The number of benzene rings is 1. The molecule has 0 unspecified atom stereocenters. The Morgan fingerprint density at radius 1 is 1.33 bits per heavy atom. The molecule has 0 fully saturated rings. The molecule has 1 aromatic carbocycles. The van der Waals surface area contributed by atoms with Gasteiger partial charge in [-0.05, 0) is 22.6 Å². The Balaban J connectivity index is 1.85. The van der Waals surface area contributed by atoms with Crippen molar-refractivity contribution < 1.29 is 9.59 Å². The van der Waals surface area contributed by atoms with Gasteiger partial charge >= 0.3 is 0 Å². The van der Waals surface area contributed by atoms with E-state index in [1.165, 1.54) is 16.4 Å². The lowest BCUT2D eigenvalue weighted by atomic mass is 10.1. The maximum Gasteiger partial charge on any atom is 0.252 e. The van der Waals surface area contributed by atoms with E-state index in [-0.39, 0.29) is 24.1 Å². The summed E-state index contributed by atoms with van der Waals surface area (Å²) in [5, 5.41) is 16.8. The largest absolute Gasteiger partial charge is 0.355 e. The average molecular weight is 344 g/mol. The van der Waals surface area contributed by atoms with E-state index in [0.717, 1.165) is 0 Å². The fourth-order valence-corrected chi connectivity index (χ4v) is 2.41. The van der Waals surface area contributed by atoms with Crippen LogP contribution in [0.1, 0.15) is 15.9 Å². The third kappa shape index (κ3) is 4.82. The standard InChI is InChI=1S/C15H16N6O2S/c1-16-14(23)12-8-4-3-6-11(12)7-5-9-17-13(22)10-24-15-18-19-20-21(15)2/h3-4,6,8H,9-10H2,1-2H3,(H,16,23)(H,17,22). The first kappa shape index (κ1) is 17.5. The first-order chi connectivity index (χ1) is 11.6. The highest BCUT2D eigenvalue weighted by Gasteiger charge is 2.07. The number of nitrogens with zero attached hydrogens (tertiary/aromatic N) is 4. The van der Waals surface area contributed by atoms with Crippen LogP contribution in [-0.2, 0) is 11.8 Å². The van der Waals surface area contributed by atoms with E-state index < -0.39 is 0 Å². The van der Waals surface area contributed by atoms with Crippen LogP contribution in [0.2, 0.25) is 0 Å². The van der Waals surface area contributed by atoms with Gasteiger partial charge in [0.1, 0.15) is 0 Å². The van der Waals surface area contributed by atoms with Crippen molar-refractivity contribution in [2.24, 2.45) is 7.05 Å². The summed E-state index contributed by atoms with van der Waals surface area (Å²) in [5.41, 5.74) is 1.12. The summed E-state index contributed by atoms with van der Waals surface area (Å²) in [4.78, 5) is 23.5. The quantitative estimate of drug-likeness (QED) is 0.577. The molecule has 124 valence electrons. The molecule has 2 amide bonds. The van der Waals surface area contributed by atoms with Crippen molar-refractivity contribution in [3.63, 3.8) is 0 Å². The molecule has 0 aliphatic heterocycles. The molecule has 1 heterocycles. The van der Waals surface area contributed by atoms with E-state index in [0.29, 0.717) is 16.3 Å². The lowest BCUT2D eigenvalue weighted by Crippen LogP contribution is -2.25. The molecular formula is C15H16N6O2S. The Morgan fingerprint density at radius 3 is 2.83 bits per heavy atom.